The minimum absolute atomic E-state index is 0.260. The number of hydrogen-bond donors (Lipinski definition) is 1. The molecule has 34 heavy (non-hydrogen) atoms. The third kappa shape index (κ3) is 4.68. The molecule has 0 aliphatic carbocycles. The standard InChI is InChI=1S/C25H24N4O5/c1-32-21-13-17(14-22(33-2)24(21)34-3)27-23(30)15-29-25(31)19-7-5-4-6-18(19)20(28-29)12-16-8-10-26-11-9-16/h4-11,13-14H,12,15H2,1-3H3,(H,27,30). The van der Waals surface area contributed by atoms with E-state index in [9.17, 15) is 9.59 Å². The number of anilines is 1. The van der Waals surface area contributed by atoms with Crippen molar-refractivity contribution >= 4 is 22.4 Å². The van der Waals surface area contributed by atoms with Gasteiger partial charge in [-0.3, -0.25) is 14.6 Å². The lowest BCUT2D eigenvalue weighted by Gasteiger charge is -2.15. The molecule has 174 valence electrons. The quantitative estimate of drug-likeness (QED) is 0.431. The van der Waals surface area contributed by atoms with Gasteiger partial charge in [-0.1, -0.05) is 18.2 Å². The summed E-state index contributed by atoms with van der Waals surface area (Å²) in [5.74, 6) is 0.792. The second-order valence-electron chi connectivity index (χ2n) is 7.45. The van der Waals surface area contributed by atoms with Crippen LogP contribution in [0.3, 0.4) is 0 Å². The van der Waals surface area contributed by atoms with Gasteiger partial charge in [-0.25, -0.2) is 4.68 Å². The molecule has 0 aliphatic rings. The molecule has 0 radical (unpaired) electrons. The Labute approximate surface area is 195 Å². The zero-order chi connectivity index (χ0) is 24.1. The highest BCUT2D eigenvalue weighted by Crippen LogP contribution is 2.39. The van der Waals surface area contributed by atoms with Gasteiger partial charge in [-0.2, -0.15) is 5.10 Å². The van der Waals surface area contributed by atoms with Crippen LogP contribution >= 0.6 is 0 Å². The Balaban J connectivity index is 1.65. The summed E-state index contributed by atoms with van der Waals surface area (Å²) in [6.07, 6.45) is 3.91. The summed E-state index contributed by atoms with van der Waals surface area (Å²) < 4.78 is 17.2. The molecule has 0 atom stereocenters. The molecule has 4 rings (SSSR count). The SMILES string of the molecule is COc1cc(NC(=O)Cn2nc(Cc3ccncc3)c3ccccc3c2=O)cc(OC)c1OC. The molecule has 9 nitrogen and oxygen atoms in total. The molecule has 0 bridgehead atoms. The van der Waals surface area contributed by atoms with Gasteiger partial charge in [0.2, 0.25) is 11.7 Å². The van der Waals surface area contributed by atoms with Gasteiger partial charge in [-0.05, 0) is 23.8 Å². The first-order chi connectivity index (χ1) is 16.5. The number of carbonyl (C=O) groups excluding carboxylic acids is 1. The second kappa shape index (κ2) is 10.0. The van der Waals surface area contributed by atoms with Crippen LogP contribution in [-0.4, -0.2) is 42.0 Å². The lowest BCUT2D eigenvalue weighted by molar-refractivity contribution is -0.117. The molecule has 0 aliphatic heterocycles. The Bertz CT molecular complexity index is 1360. The summed E-state index contributed by atoms with van der Waals surface area (Å²) in [5, 5.41) is 8.56. The predicted octanol–water partition coefficient (Wildman–Crippen LogP) is 3.05. The van der Waals surface area contributed by atoms with Crippen molar-refractivity contribution in [1.82, 2.24) is 14.8 Å². The Morgan fingerprint density at radius 3 is 2.21 bits per heavy atom. The van der Waals surface area contributed by atoms with Crippen molar-refractivity contribution in [3.05, 3.63) is 82.5 Å². The zero-order valence-corrected chi connectivity index (χ0v) is 19.1. The normalized spacial score (nSPS) is 10.7. The molecule has 2 heterocycles. The molecule has 4 aromatic rings. The topological polar surface area (TPSA) is 105 Å². The third-order valence-corrected chi connectivity index (χ3v) is 5.31. The number of amides is 1. The van der Waals surface area contributed by atoms with Crippen LogP contribution in [0, 0.1) is 0 Å². The fourth-order valence-corrected chi connectivity index (χ4v) is 3.73. The van der Waals surface area contributed by atoms with Crippen LogP contribution in [0.25, 0.3) is 10.8 Å². The fourth-order valence-electron chi connectivity index (χ4n) is 3.73. The van der Waals surface area contributed by atoms with E-state index in [0.717, 1.165) is 10.9 Å². The molecule has 1 amide bonds. The number of methoxy groups -OCH3 is 3. The predicted molar refractivity (Wildman–Crippen MR) is 128 cm³/mol. The maximum atomic E-state index is 13.1. The van der Waals surface area contributed by atoms with Crippen molar-refractivity contribution in [1.29, 1.82) is 0 Å². The first kappa shape index (κ1) is 22.8. The van der Waals surface area contributed by atoms with Crippen molar-refractivity contribution in [2.45, 2.75) is 13.0 Å². The number of aromatic nitrogens is 3. The molecule has 1 N–H and O–H groups in total. The number of carbonyl (C=O) groups is 1. The van der Waals surface area contributed by atoms with E-state index in [4.69, 9.17) is 14.2 Å². The molecule has 0 unspecified atom stereocenters. The Hall–Kier alpha value is -4.40. The van der Waals surface area contributed by atoms with E-state index in [1.54, 1.807) is 36.7 Å². The van der Waals surface area contributed by atoms with Crippen LogP contribution in [0.5, 0.6) is 17.2 Å². The monoisotopic (exact) mass is 460 g/mol. The Morgan fingerprint density at radius 1 is 0.941 bits per heavy atom. The largest absolute Gasteiger partial charge is 0.493 e. The van der Waals surface area contributed by atoms with Gasteiger partial charge < -0.3 is 19.5 Å². The first-order valence-corrected chi connectivity index (χ1v) is 10.5. The lowest BCUT2D eigenvalue weighted by atomic mass is 10.1. The van der Waals surface area contributed by atoms with E-state index in [2.05, 4.69) is 15.4 Å². The Kier molecular flexibility index (Phi) is 6.72. The minimum Gasteiger partial charge on any atom is -0.493 e. The van der Waals surface area contributed by atoms with Crippen molar-refractivity contribution < 1.29 is 19.0 Å². The van der Waals surface area contributed by atoms with Gasteiger partial charge in [0.15, 0.2) is 11.5 Å². The second-order valence-corrected chi connectivity index (χ2v) is 7.45. The van der Waals surface area contributed by atoms with Crippen LogP contribution in [-0.2, 0) is 17.8 Å². The highest BCUT2D eigenvalue weighted by molar-refractivity contribution is 5.91. The number of nitrogens with zero attached hydrogens (tertiary/aromatic N) is 3. The summed E-state index contributed by atoms with van der Waals surface area (Å²) in [4.78, 5) is 30.0. The summed E-state index contributed by atoms with van der Waals surface area (Å²) in [5.41, 5.74) is 1.79. The molecular weight excluding hydrogens is 436 g/mol. The number of hydrogen-bond acceptors (Lipinski definition) is 7. The number of pyridine rings is 1. The Morgan fingerprint density at radius 2 is 1.59 bits per heavy atom. The number of fused-ring (bicyclic) bond motifs is 1. The van der Waals surface area contributed by atoms with Gasteiger partial charge in [-0.15, -0.1) is 0 Å². The molecule has 9 heteroatoms. The number of ether oxygens (including phenoxy) is 3. The lowest BCUT2D eigenvalue weighted by Crippen LogP contribution is -2.30. The molecule has 0 spiro atoms. The third-order valence-electron chi connectivity index (χ3n) is 5.31. The molecule has 0 saturated heterocycles. The van der Waals surface area contributed by atoms with Crippen molar-refractivity contribution in [2.24, 2.45) is 0 Å². The van der Waals surface area contributed by atoms with E-state index < -0.39 is 5.91 Å². The van der Waals surface area contributed by atoms with Crippen molar-refractivity contribution in [3.63, 3.8) is 0 Å². The summed E-state index contributed by atoms with van der Waals surface area (Å²) >= 11 is 0. The minimum atomic E-state index is -0.422. The summed E-state index contributed by atoms with van der Waals surface area (Å²) in [6, 6.07) is 14.3. The number of nitrogens with one attached hydrogen (secondary N) is 1. The smallest absolute Gasteiger partial charge is 0.275 e. The van der Waals surface area contributed by atoms with E-state index >= 15 is 0 Å². The van der Waals surface area contributed by atoms with Gasteiger partial charge in [0.25, 0.3) is 5.56 Å². The number of benzene rings is 2. The average molecular weight is 460 g/mol. The summed E-state index contributed by atoms with van der Waals surface area (Å²) in [6.45, 7) is -0.260. The van der Waals surface area contributed by atoms with E-state index in [1.807, 2.05) is 24.3 Å². The van der Waals surface area contributed by atoms with E-state index in [1.165, 1.54) is 26.0 Å². The molecule has 2 aromatic carbocycles. The van der Waals surface area contributed by atoms with E-state index in [-0.39, 0.29) is 12.1 Å². The van der Waals surface area contributed by atoms with Crippen molar-refractivity contribution in [2.75, 3.05) is 26.6 Å². The van der Waals surface area contributed by atoms with Gasteiger partial charge in [0.1, 0.15) is 6.54 Å². The van der Waals surface area contributed by atoms with Gasteiger partial charge >= 0.3 is 0 Å². The molecule has 0 fully saturated rings. The van der Waals surface area contributed by atoms with Gasteiger partial charge in [0, 0.05) is 42.0 Å². The number of rotatable bonds is 8. The fraction of sp³-hybridized carbons (Fsp3) is 0.200. The maximum absolute atomic E-state index is 13.1. The van der Waals surface area contributed by atoms with Crippen LogP contribution < -0.4 is 25.1 Å². The molecule has 2 aromatic heterocycles. The highest BCUT2D eigenvalue weighted by Gasteiger charge is 2.17. The zero-order valence-electron chi connectivity index (χ0n) is 19.1. The van der Waals surface area contributed by atoms with Crippen LogP contribution in [0.2, 0.25) is 0 Å². The summed E-state index contributed by atoms with van der Waals surface area (Å²) in [7, 11) is 4.48. The van der Waals surface area contributed by atoms with Crippen LogP contribution in [0.4, 0.5) is 5.69 Å². The molecular formula is C25H24N4O5. The van der Waals surface area contributed by atoms with Crippen LogP contribution in [0.1, 0.15) is 11.3 Å². The maximum Gasteiger partial charge on any atom is 0.275 e. The first-order valence-electron chi connectivity index (χ1n) is 10.5. The van der Waals surface area contributed by atoms with Crippen LogP contribution in [0.15, 0.2) is 65.7 Å². The highest BCUT2D eigenvalue weighted by atomic mass is 16.5. The van der Waals surface area contributed by atoms with E-state index in [0.29, 0.717) is 40.4 Å². The average Bonchev–Trinajstić information content (AvgIpc) is 2.86. The van der Waals surface area contributed by atoms with Crippen molar-refractivity contribution in [3.8, 4) is 17.2 Å². The van der Waals surface area contributed by atoms with Gasteiger partial charge in [0.05, 0.1) is 32.4 Å². The molecule has 0 saturated carbocycles.